The number of carbonyl (C=O) groups excluding carboxylic acids is 1. The minimum absolute atomic E-state index is 0.0872. The number of hydrogen-bond acceptors (Lipinski definition) is 6. The third kappa shape index (κ3) is 6.26. The summed E-state index contributed by atoms with van der Waals surface area (Å²) >= 11 is 5.91. The van der Waals surface area contributed by atoms with Crippen LogP contribution in [0.3, 0.4) is 0 Å². The molecule has 0 aliphatic carbocycles. The fourth-order valence-corrected chi connectivity index (χ4v) is 3.84. The van der Waals surface area contributed by atoms with E-state index >= 15 is 0 Å². The first kappa shape index (κ1) is 25.7. The zero-order chi connectivity index (χ0) is 26.5. The highest BCUT2D eigenvalue weighted by atomic mass is 35.5. The number of phenolic OH excluding ortho intramolecular Hbond substituents is 1. The number of aromatic hydroxyl groups is 1. The van der Waals surface area contributed by atoms with Crippen LogP contribution in [0.5, 0.6) is 5.75 Å². The third-order valence-electron chi connectivity index (χ3n) is 5.80. The van der Waals surface area contributed by atoms with Crippen LogP contribution < -0.4 is 15.2 Å². The van der Waals surface area contributed by atoms with Gasteiger partial charge in [0.1, 0.15) is 5.75 Å². The lowest BCUT2D eigenvalue weighted by Crippen LogP contribution is -2.17. The molecular weight excluding hydrogens is 486 g/mol. The SMILES string of the molecule is CN(C)c1ccc(-c2cc(C=NNC(=O)c3ccc(O)c(Cl)c3)cc(-c3ccc(N(C)C)cc3)n2)cc1. The average molecular weight is 514 g/mol. The molecule has 1 heterocycles. The van der Waals surface area contributed by atoms with Crippen molar-refractivity contribution >= 4 is 35.1 Å². The number of phenols is 1. The van der Waals surface area contributed by atoms with Crippen molar-refractivity contribution in [2.75, 3.05) is 38.0 Å². The van der Waals surface area contributed by atoms with Crippen LogP contribution in [0, 0.1) is 0 Å². The maximum Gasteiger partial charge on any atom is 0.271 e. The predicted octanol–water partition coefficient (Wildman–Crippen LogP) is 5.67. The van der Waals surface area contributed by atoms with E-state index < -0.39 is 5.91 Å². The summed E-state index contributed by atoms with van der Waals surface area (Å²) in [7, 11) is 8.00. The molecule has 4 aromatic rings. The van der Waals surface area contributed by atoms with Crippen molar-refractivity contribution in [2.24, 2.45) is 5.10 Å². The lowest BCUT2D eigenvalue weighted by atomic mass is 10.0. The molecule has 8 heteroatoms. The number of anilines is 2. The van der Waals surface area contributed by atoms with E-state index in [1.54, 1.807) is 6.21 Å². The lowest BCUT2D eigenvalue weighted by molar-refractivity contribution is 0.0955. The Morgan fingerprint density at radius 2 is 1.35 bits per heavy atom. The molecule has 3 aromatic carbocycles. The molecule has 0 aliphatic rings. The van der Waals surface area contributed by atoms with E-state index in [1.807, 2.05) is 98.7 Å². The summed E-state index contributed by atoms with van der Waals surface area (Å²) in [5.74, 6) is -0.526. The number of nitrogens with zero attached hydrogens (tertiary/aromatic N) is 4. The standard InChI is InChI=1S/C29H28ClN5O2/c1-34(2)23-10-5-20(6-11-23)26-15-19(16-27(32-26)21-7-12-24(13-8-21)35(3)4)18-31-33-29(37)22-9-14-28(36)25(30)17-22/h5-18,36H,1-4H3,(H,33,37). The van der Waals surface area contributed by atoms with Gasteiger partial charge in [-0.3, -0.25) is 4.79 Å². The number of aromatic nitrogens is 1. The molecule has 2 N–H and O–H groups in total. The first-order chi connectivity index (χ1) is 17.7. The highest BCUT2D eigenvalue weighted by Gasteiger charge is 2.10. The monoisotopic (exact) mass is 513 g/mol. The molecule has 0 saturated heterocycles. The van der Waals surface area contributed by atoms with Crippen LogP contribution in [0.25, 0.3) is 22.5 Å². The number of hydrogen-bond donors (Lipinski definition) is 2. The molecule has 0 fully saturated rings. The van der Waals surface area contributed by atoms with Crippen LogP contribution in [-0.2, 0) is 0 Å². The van der Waals surface area contributed by atoms with Gasteiger partial charge in [-0.15, -0.1) is 0 Å². The molecule has 1 aromatic heterocycles. The first-order valence-electron chi connectivity index (χ1n) is 11.6. The summed E-state index contributed by atoms with van der Waals surface area (Å²) < 4.78 is 0. The van der Waals surface area contributed by atoms with Crippen LogP contribution in [0.4, 0.5) is 11.4 Å². The zero-order valence-corrected chi connectivity index (χ0v) is 21.9. The highest BCUT2D eigenvalue weighted by molar-refractivity contribution is 6.32. The molecular formula is C29H28ClN5O2. The van der Waals surface area contributed by atoms with Gasteiger partial charge in [-0.1, -0.05) is 35.9 Å². The Labute approximate surface area is 221 Å². The minimum Gasteiger partial charge on any atom is -0.506 e. The van der Waals surface area contributed by atoms with Crippen LogP contribution >= 0.6 is 11.6 Å². The van der Waals surface area contributed by atoms with Crippen LogP contribution in [0.2, 0.25) is 5.02 Å². The summed E-state index contributed by atoms with van der Waals surface area (Å²) in [6.45, 7) is 0. The largest absolute Gasteiger partial charge is 0.506 e. The van der Waals surface area contributed by atoms with Gasteiger partial charge >= 0.3 is 0 Å². The van der Waals surface area contributed by atoms with Crippen molar-refractivity contribution in [2.45, 2.75) is 0 Å². The Bertz CT molecular complexity index is 1360. The Balaban J connectivity index is 1.66. The van der Waals surface area contributed by atoms with Gasteiger partial charge < -0.3 is 14.9 Å². The fraction of sp³-hybridized carbons (Fsp3) is 0.138. The minimum atomic E-state index is -0.439. The van der Waals surface area contributed by atoms with Crippen LogP contribution in [0.15, 0.2) is 84.0 Å². The number of halogens is 1. The topological polar surface area (TPSA) is 81.1 Å². The van der Waals surface area contributed by atoms with Crippen LogP contribution in [0.1, 0.15) is 15.9 Å². The van der Waals surface area contributed by atoms with E-state index in [0.29, 0.717) is 0 Å². The number of hydrazone groups is 1. The van der Waals surface area contributed by atoms with Gasteiger partial charge in [-0.2, -0.15) is 5.10 Å². The van der Waals surface area contributed by atoms with E-state index in [2.05, 4.69) is 10.5 Å². The number of pyridine rings is 1. The molecule has 0 unspecified atom stereocenters. The number of amides is 1. The maximum absolute atomic E-state index is 12.5. The second kappa shape index (κ2) is 11.1. The van der Waals surface area contributed by atoms with Gasteiger partial charge in [0.15, 0.2) is 0 Å². The van der Waals surface area contributed by atoms with Gasteiger partial charge in [0, 0.05) is 56.3 Å². The Kier molecular flexibility index (Phi) is 7.74. The number of benzene rings is 3. The quantitative estimate of drug-likeness (QED) is 0.246. The maximum atomic E-state index is 12.5. The number of rotatable bonds is 7. The van der Waals surface area contributed by atoms with E-state index in [0.717, 1.165) is 39.5 Å². The molecule has 0 atom stereocenters. The molecule has 1 amide bonds. The average Bonchev–Trinajstić information content (AvgIpc) is 2.90. The third-order valence-corrected chi connectivity index (χ3v) is 6.10. The van der Waals surface area contributed by atoms with Gasteiger partial charge in [-0.05, 0) is 60.2 Å². The second-order valence-corrected chi connectivity index (χ2v) is 9.33. The predicted molar refractivity (Wildman–Crippen MR) is 152 cm³/mol. The Hall–Kier alpha value is -4.36. The van der Waals surface area contributed by atoms with Crippen molar-refractivity contribution in [3.8, 4) is 28.3 Å². The highest BCUT2D eigenvalue weighted by Crippen LogP contribution is 2.27. The molecule has 0 spiro atoms. The summed E-state index contributed by atoms with van der Waals surface area (Å²) in [4.78, 5) is 21.5. The summed E-state index contributed by atoms with van der Waals surface area (Å²) in [5, 5.41) is 13.8. The van der Waals surface area contributed by atoms with E-state index in [1.165, 1.54) is 18.2 Å². The normalized spacial score (nSPS) is 10.9. The number of nitrogens with one attached hydrogen (secondary N) is 1. The first-order valence-corrected chi connectivity index (χ1v) is 12.0. The van der Waals surface area contributed by atoms with Gasteiger partial charge in [-0.25, -0.2) is 10.4 Å². The van der Waals surface area contributed by atoms with E-state index in [9.17, 15) is 9.90 Å². The molecule has 37 heavy (non-hydrogen) atoms. The summed E-state index contributed by atoms with van der Waals surface area (Å²) in [6, 6.07) is 24.4. The zero-order valence-electron chi connectivity index (χ0n) is 21.1. The fourth-order valence-electron chi connectivity index (χ4n) is 3.66. The van der Waals surface area contributed by atoms with Gasteiger partial charge in [0.2, 0.25) is 0 Å². The van der Waals surface area contributed by atoms with Crippen molar-refractivity contribution in [3.05, 3.63) is 95.0 Å². The van der Waals surface area contributed by atoms with Crippen LogP contribution in [-0.4, -0.2) is 50.4 Å². The van der Waals surface area contributed by atoms with Gasteiger partial charge in [0.05, 0.1) is 22.6 Å². The Morgan fingerprint density at radius 3 is 1.81 bits per heavy atom. The molecule has 0 saturated carbocycles. The van der Waals surface area contributed by atoms with Crippen molar-refractivity contribution in [3.63, 3.8) is 0 Å². The second-order valence-electron chi connectivity index (χ2n) is 8.92. The molecule has 0 radical (unpaired) electrons. The van der Waals surface area contributed by atoms with E-state index in [-0.39, 0.29) is 16.3 Å². The molecule has 0 aliphatic heterocycles. The molecule has 188 valence electrons. The van der Waals surface area contributed by atoms with Crippen molar-refractivity contribution < 1.29 is 9.90 Å². The molecule has 0 bridgehead atoms. The van der Waals surface area contributed by atoms with Crippen molar-refractivity contribution in [1.29, 1.82) is 0 Å². The van der Waals surface area contributed by atoms with Crippen molar-refractivity contribution in [1.82, 2.24) is 10.4 Å². The lowest BCUT2D eigenvalue weighted by Gasteiger charge is -2.14. The number of carbonyl (C=O) groups is 1. The summed E-state index contributed by atoms with van der Waals surface area (Å²) in [5.41, 5.74) is 9.28. The Morgan fingerprint density at radius 1 is 0.838 bits per heavy atom. The van der Waals surface area contributed by atoms with Gasteiger partial charge in [0.25, 0.3) is 5.91 Å². The smallest absolute Gasteiger partial charge is 0.271 e. The molecule has 7 nitrogen and oxygen atoms in total. The van der Waals surface area contributed by atoms with E-state index in [4.69, 9.17) is 16.6 Å². The molecule has 4 rings (SSSR count). The summed E-state index contributed by atoms with van der Waals surface area (Å²) in [6.07, 6.45) is 1.58.